The largest absolute Gasteiger partial charge is 0.486 e. The number of hydrogen-bond donors (Lipinski definition) is 1. The molecule has 0 aromatic heterocycles. The van der Waals surface area contributed by atoms with E-state index in [9.17, 15) is 13.2 Å². The van der Waals surface area contributed by atoms with Crippen LogP contribution in [-0.4, -0.2) is 40.3 Å². The Hall–Kier alpha value is -2.16. The lowest BCUT2D eigenvalue weighted by Gasteiger charge is -2.25. The first kappa shape index (κ1) is 21.5. The third kappa shape index (κ3) is 5.91. The minimum atomic E-state index is -3.54. The number of sulfonamides is 1. The summed E-state index contributed by atoms with van der Waals surface area (Å²) in [5.74, 6) is 0.810. The number of nitrogens with zero attached hydrogens (tertiary/aromatic N) is 1. The SMILES string of the molecule is CS(=O)(=O)N(CCCC(=O)Nc1cc(Cl)cc(Cl)c1)c1ccc2c(c1)OCCO2. The summed E-state index contributed by atoms with van der Waals surface area (Å²) in [6.45, 7) is 1.00. The number of amides is 1. The van der Waals surface area contributed by atoms with Crippen molar-refractivity contribution in [3.8, 4) is 11.5 Å². The molecule has 1 aliphatic heterocycles. The van der Waals surface area contributed by atoms with Crippen LogP contribution in [0.2, 0.25) is 10.0 Å². The lowest BCUT2D eigenvalue weighted by atomic mass is 10.2. The summed E-state index contributed by atoms with van der Waals surface area (Å²) < 4.78 is 36.8. The van der Waals surface area contributed by atoms with Gasteiger partial charge in [0, 0.05) is 34.8 Å². The number of rotatable bonds is 7. The Labute approximate surface area is 179 Å². The number of ether oxygens (including phenoxy) is 2. The quantitative estimate of drug-likeness (QED) is 0.678. The van der Waals surface area contributed by atoms with Gasteiger partial charge in [-0.3, -0.25) is 9.10 Å². The Morgan fingerprint density at radius 1 is 1.07 bits per heavy atom. The highest BCUT2D eigenvalue weighted by atomic mass is 35.5. The molecular weight excluding hydrogens is 439 g/mol. The van der Waals surface area contributed by atoms with Gasteiger partial charge in [0.15, 0.2) is 11.5 Å². The fraction of sp³-hybridized carbons (Fsp3) is 0.316. The van der Waals surface area contributed by atoms with E-state index in [-0.39, 0.29) is 18.9 Å². The van der Waals surface area contributed by atoms with Gasteiger partial charge in [-0.15, -0.1) is 0 Å². The second kappa shape index (κ2) is 9.11. The molecular formula is C19H20Cl2N2O5S. The summed E-state index contributed by atoms with van der Waals surface area (Å²) in [5.41, 5.74) is 0.943. The minimum Gasteiger partial charge on any atom is -0.486 e. The van der Waals surface area contributed by atoms with E-state index in [4.69, 9.17) is 32.7 Å². The maximum absolute atomic E-state index is 12.3. The highest BCUT2D eigenvalue weighted by Crippen LogP contribution is 2.34. The first-order chi connectivity index (χ1) is 13.7. The average molecular weight is 459 g/mol. The van der Waals surface area contributed by atoms with Crippen molar-refractivity contribution in [3.05, 3.63) is 46.4 Å². The van der Waals surface area contributed by atoms with Gasteiger partial charge >= 0.3 is 0 Å². The lowest BCUT2D eigenvalue weighted by molar-refractivity contribution is -0.116. The minimum absolute atomic E-state index is 0.126. The maximum atomic E-state index is 12.3. The number of nitrogens with one attached hydrogen (secondary N) is 1. The molecule has 2 aromatic carbocycles. The summed E-state index contributed by atoms with van der Waals surface area (Å²) in [6.07, 6.45) is 1.57. The molecule has 0 saturated carbocycles. The van der Waals surface area contributed by atoms with Crippen LogP contribution in [0.4, 0.5) is 11.4 Å². The average Bonchev–Trinajstić information content (AvgIpc) is 2.63. The van der Waals surface area contributed by atoms with Crippen LogP contribution >= 0.6 is 23.2 Å². The van der Waals surface area contributed by atoms with Gasteiger partial charge in [0.25, 0.3) is 0 Å². The molecule has 0 saturated heterocycles. The van der Waals surface area contributed by atoms with Crippen LogP contribution < -0.4 is 19.1 Å². The van der Waals surface area contributed by atoms with Gasteiger partial charge in [0.05, 0.1) is 11.9 Å². The second-order valence-corrected chi connectivity index (χ2v) is 9.25. The van der Waals surface area contributed by atoms with Crippen molar-refractivity contribution in [3.63, 3.8) is 0 Å². The van der Waals surface area contributed by atoms with Crippen LogP contribution in [0.5, 0.6) is 11.5 Å². The standard InChI is InChI=1S/C19H20Cl2N2O5S/c1-29(25,26)23(16-4-5-17-18(12-16)28-8-7-27-17)6-2-3-19(24)22-15-10-13(20)9-14(21)11-15/h4-5,9-12H,2-3,6-8H2,1H3,(H,22,24). The molecule has 0 fully saturated rings. The molecule has 1 N–H and O–H groups in total. The second-order valence-electron chi connectivity index (χ2n) is 6.47. The smallest absolute Gasteiger partial charge is 0.232 e. The number of anilines is 2. The Morgan fingerprint density at radius 3 is 2.38 bits per heavy atom. The van der Waals surface area contributed by atoms with Gasteiger partial charge in [-0.2, -0.15) is 0 Å². The maximum Gasteiger partial charge on any atom is 0.232 e. The van der Waals surface area contributed by atoms with Crippen LogP contribution in [0.3, 0.4) is 0 Å². The predicted molar refractivity (Wildman–Crippen MR) is 114 cm³/mol. The monoisotopic (exact) mass is 458 g/mol. The van der Waals surface area contributed by atoms with E-state index in [0.717, 1.165) is 6.26 Å². The molecule has 0 radical (unpaired) electrons. The van der Waals surface area contributed by atoms with Crippen LogP contribution in [0.1, 0.15) is 12.8 Å². The molecule has 0 bridgehead atoms. The third-order valence-corrected chi connectivity index (χ3v) is 5.76. The molecule has 3 rings (SSSR count). The highest BCUT2D eigenvalue weighted by Gasteiger charge is 2.21. The summed E-state index contributed by atoms with van der Waals surface area (Å²) >= 11 is 11.8. The molecule has 0 spiro atoms. The zero-order valence-electron chi connectivity index (χ0n) is 15.7. The van der Waals surface area contributed by atoms with Crippen LogP contribution in [0, 0.1) is 0 Å². The lowest BCUT2D eigenvalue weighted by Crippen LogP contribution is -2.31. The van der Waals surface area contributed by atoms with E-state index in [2.05, 4.69) is 5.32 Å². The van der Waals surface area contributed by atoms with Crippen molar-refractivity contribution < 1.29 is 22.7 Å². The Balaban J connectivity index is 1.63. The summed E-state index contributed by atoms with van der Waals surface area (Å²) in [5, 5.41) is 3.53. The van der Waals surface area contributed by atoms with Crippen molar-refractivity contribution >= 4 is 50.5 Å². The number of carbonyl (C=O) groups is 1. The Bertz CT molecular complexity index is 993. The van der Waals surface area contributed by atoms with E-state index >= 15 is 0 Å². The molecule has 156 valence electrons. The Kier molecular flexibility index (Phi) is 6.77. The van der Waals surface area contributed by atoms with Gasteiger partial charge in [-0.1, -0.05) is 23.2 Å². The van der Waals surface area contributed by atoms with E-state index < -0.39 is 10.0 Å². The van der Waals surface area contributed by atoms with Crippen LogP contribution in [0.15, 0.2) is 36.4 Å². The number of fused-ring (bicyclic) bond motifs is 1. The fourth-order valence-corrected chi connectivity index (χ4v) is 4.39. The van der Waals surface area contributed by atoms with Gasteiger partial charge < -0.3 is 14.8 Å². The fourth-order valence-electron chi connectivity index (χ4n) is 2.91. The van der Waals surface area contributed by atoms with Crippen molar-refractivity contribution in [2.75, 3.05) is 35.6 Å². The summed E-state index contributed by atoms with van der Waals surface area (Å²) in [4.78, 5) is 12.2. The summed E-state index contributed by atoms with van der Waals surface area (Å²) in [7, 11) is -3.54. The Morgan fingerprint density at radius 2 is 1.72 bits per heavy atom. The first-order valence-electron chi connectivity index (χ1n) is 8.86. The van der Waals surface area contributed by atoms with Gasteiger partial charge in [-0.25, -0.2) is 8.42 Å². The van der Waals surface area contributed by atoms with Crippen molar-refractivity contribution in [2.24, 2.45) is 0 Å². The molecule has 0 atom stereocenters. The van der Waals surface area contributed by atoms with Crippen molar-refractivity contribution in [1.82, 2.24) is 0 Å². The third-order valence-electron chi connectivity index (χ3n) is 4.13. The number of carbonyl (C=O) groups excluding carboxylic acids is 1. The van der Waals surface area contributed by atoms with Gasteiger partial charge in [0.2, 0.25) is 15.9 Å². The van der Waals surface area contributed by atoms with Crippen molar-refractivity contribution in [2.45, 2.75) is 12.8 Å². The van der Waals surface area contributed by atoms with Gasteiger partial charge in [-0.05, 0) is 36.8 Å². The topological polar surface area (TPSA) is 84.9 Å². The number of benzene rings is 2. The number of hydrogen-bond acceptors (Lipinski definition) is 5. The molecule has 0 unspecified atom stereocenters. The highest BCUT2D eigenvalue weighted by molar-refractivity contribution is 7.92. The zero-order valence-corrected chi connectivity index (χ0v) is 18.0. The van der Waals surface area contributed by atoms with Crippen LogP contribution in [-0.2, 0) is 14.8 Å². The molecule has 1 aliphatic rings. The van der Waals surface area contributed by atoms with Crippen molar-refractivity contribution in [1.29, 1.82) is 0 Å². The van der Waals surface area contributed by atoms with Gasteiger partial charge in [0.1, 0.15) is 13.2 Å². The van der Waals surface area contributed by atoms with Crippen LogP contribution in [0.25, 0.3) is 0 Å². The molecule has 29 heavy (non-hydrogen) atoms. The molecule has 7 nitrogen and oxygen atoms in total. The van der Waals surface area contributed by atoms with E-state index in [1.165, 1.54) is 4.31 Å². The molecule has 10 heteroatoms. The summed E-state index contributed by atoms with van der Waals surface area (Å²) in [6, 6.07) is 9.70. The normalized spacial score (nSPS) is 13.1. The molecule has 1 amide bonds. The van der Waals surface area contributed by atoms with E-state index in [1.807, 2.05) is 0 Å². The zero-order chi connectivity index (χ0) is 21.0. The number of halogens is 2. The molecule has 0 aliphatic carbocycles. The van der Waals surface area contributed by atoms with E-state index in [0.29, 0.717) is 52.6 Å². The predicted octanol–water partition coefficient (Wildman–Crippen LogP) is 3.95. The first-order valence-corrected chi connectivity index (χ1v) is 11.5. The van der Waals surface area contributed by atoms with E-state index in [1.54, 1.807) is 36.4 Å². The molecule has 1 heterocycles. The molecule has 2 aromatic rings.